The smallest absolute Gasteiger partial charge is 0.318 e. The Kier molecular flexibility index (Phi) is 6.15. The molecule has 1 atom stereocenters. The molecule has 1 unspecified atom stereocenters. The molecule has 0 fully saturated rings. The SMILES string of the molecule is CCN1CCc2c(sc3c2CN(C(=O)NCc2ccccc2)C(c2ccc(C)cc2)c2cccn2-3)C1. The van der Waals surface area contributed by atoms with Crippen molar-refractivity contribution in [3.05, 3.63) is 111 Å². The summed E-state index contributed by atoms with van der Waals surface area (Å²) in [5.41, 5.74) is 7.35. The van der Waals surface area contributed by atoms with Gasteiger partial charge in [-0.05, 0) is 48.7 Å². The molecule has 0 aliphatic carbocycles. The van der Waals surface area contributed by atoms with Gasteiger partial charge in [0.25, 0.3) is 0 Å². The van der Waals surface area contributed by atoms with Crippen molar-refractivity contribution in [2.45, 2.75) is 45.9 Å². The fourth-order valence-corrected chi connectivity index (χ4v) is 6.93. The Bertz CT molecular complexity index is 1370. The van der Waals surface area contributed by atoms with Gasteiger partial charge in [0.2, 0.25) is 0 Å². The highest BCUT2D eigenvalue weighted by molar-refractivity contribution is 7.15. The largest absolute Gasteiger partial charge is 0.334 e. The average Bonchev–Trinajstić information content (AvgIpc) is 3.50. The molecule has 2 aromatic heterocycles. The van der Waals surface area contributed by atoms with Crippen molar-refractivity contribution in [2.24, 2.45) is 0 Å². The summed E-state index contributed by atoms with van der Waals surface area (Å²) in [5.74, 6) is 0. The molecule has 2 amide bonds. The fourth-order valence-electron chi connectivity index (χ4n) is 5.52. The summed E-state index contributed by atoms with van der Waals surface area (Å²) in [7, 11) is 0. The van der Waals surface area contributed by atoms with Gasteiger partial charge in [-0.2, -0.15) is 0 Å². The van der Waals surface area contributed by atoms with Gasteiger partial charge in [0, 0.05) is 36.3 Å². The monoisotopic (exact) mass is 496 g/mol. The molecule has 0 radical (unpaired) electrons. The van der Waals surface area contributed by atoms with Crippen LogP contribution in [0.5, 0.6) is 0 Å². The Balaban J connectivity index is 1.43. The number of hydrogen-bond acceptors (Lipinski definition) is 3. The second-order valence-corrected chi connectivity index (χ2v) is 10.9. The fraction of sp³-hybridized carbons (Fsp3) is 0.300. The summed E-state index contributed by atoms with van der Waals surface area (Å²) in [6.07, 6.45) is 3.21. The number of aryl methyl sites for hydroxylation is 1. The number of fused-ring (bicyclic) bond motifs is 5. The molecule has 184 valence electrons. The zero-order valence-corrected chi connectivity index (χ0v) is 21.7. The van der Waals surface area contributed by atoms with Crippen LogP contribution in [-0.4, -0.2) is 33.5 Å². The van der Waals surface area contributed by atoms with Crippen molar-refractivity contribution in [3.8, 4) is 5.00 Å². The lowest BCUT2D eigenvalue weighted by atomic mass is 9.99. The predicted octanol–water partition coefficient (Wildman–Crippen LogP) is 6.04. The van der Waals surface area contributed by atoms with E-state index in [1.807, 2.05) is 34.4 Å². The first-order valence-corrected chi connectivity index (χ1v) is 13.6. The third kappa shape index (κ3) is 4.14. The van der Waals surface area contributed by atoms with E-state index in [-0.39, 0.29) is 12.1 Å². The molecule has 5 nitrogen and oxygen atoms in total. The van der Waals surface area contributed by atoms with Gasteiger partial charge in [-0.25, -0.2) is 4.79 Å². The minimum atomic E-state index is -0.164. The zero-order chi connectivity index (χ0) is 24.6. The lowest BCUT2D eigenvalue weighted by molar-refractivity contribution is 0.179. The third-order valence-electron chi connectivity index (χ3n) is 7.53. The molecule has 6 heteroatoms. The van der Waals surface area contributed by atoms with Gasteiger partial charge in [-0.15, -0.1) is 11.3 Å². The number of nitrogens with zero attached hydrogens (tertiary/aromatic N) is 3. The van der Waals surface area contributed by atoms with Crippen LogP contribution in [0.15, 0.2) is 72.9 Å². The molecular formula is C30H32N4OS. The summed E-state index contributed by atoms with van der Waals surface area (Å²) >= 11 is 1.90. The molecule has 2 aliphatic heterocycles. The van der Waals surface area contributed by atoms with Crippen LogP contribution in [0.3, 0.4) is 0 Å². The van der Waals surface area contributed by atoms with Crippen LogP contribution < -0.4 is 5.32 Å². The second-order valence-electron chi connectivity index (χ2n) is 9.79. The van der Waals surface area contributed by atoms with E-state index in [9.17, 15) is 4.79 Å². The number of aromatic nitrogens is 1. The molecule has 0 saturated carbocycles. The minimum Gasteiger partial charge on any atom is -0.334 e. The summed E-state index contributed by atoms with van der Waals surface area (Å²) in [5, 5.41) is 4.49. The Morgan fingerprint density at radius 1 is 1.00 bits per heavy atom. The van der Waals surface area contributed by atoms with E-state index in [0.29, 0.717) is 13.1 Å². The predicted molar refractivity (Wildman–Crippen MR) is 146 cm³/mol. The number of thiophene rings is 1. The van der Waals surface area contributed by atoms with Gasteiger partial charge < -0.3 is 14.8 Å². The Labute approximate surface area is 217 Å². The first-order valence-electron chi connectivity index (χ1n) is 12.8. The van der Waals surface area contributed by atoms with Crippen molar-refractivity contribution in [1.82, 2.24) is 19.7 Å². The third-order valence-corrected chi connectivity index (χ3v) is 8.79. The van der Waals surface area contributed by atoms with E-state index in [2.05, 4.69) is 83.4 Å². The lowest BCUT2D eigenvalue weighted by Crippen LogP contribution is -2.42. The molecule has 0 saturated heterocycles. The number of rotatable bonds is 4. The molecule has 2 aromatic carbocycles. The van der Waals surface area contributed by atoms with Gasteiger partial charge >= 0.3 is 6.03 Å². The first kappa shape index (κ1) is 23.1. The van der Waals surface area contributed by atoms with Gasteiger partial charge in [-0.3, -0.25) is 4.90 Å². The molecule has 36 heavy (non-hydrogen) atoms. The number of amides is 2. The van der Waals surface area contributed by atoms with E-state index in [1.165, 1.54) is 26.6 Å². The molecule has 4 heterocycles. The van der Waals surface area contributed by atoms with Gasteiger partial charge in [0.1, 0.15) is 5.00 Å². The highest BCUT2D eigenvalue weighted by atomic mass is 32.1. The summed E-state index contributed by atoms with van der Waals surface area (Å²) in [6.45, 7) is 8.60. The standard InChI is InChI=1S/C30H32N4OS/c1-3-32-17-15-24-25-19-34(30(35)31-18-22-8-5-4-6-9-22)28(23-13-11-21(2)12-14-23)26-10-7-16-33(26)29(25)36-27(24)20-32/h4-14,16,28H,3,15,17-20H2,1-2H3,(H,31,35). The van der Waals surface area contributed by atoms with Crippen molar-refractivity contribution in [2.75, 3.05) is 13.1 Å². The summed E-state index contributed by atoms with van der Waals surface area (Å²) in [4.78, 5) is 19.9. The number of hydrogen-bond donors (Lipinski definition) is 1. The van der Waals surface area contributed by atoms with Crippen molar-refractivity contribution in [1.29, 1.82) is 0 Å². The van der Waals surface area contributed by atoms with Crippen LogP contribution in [0.2, 0.25) is 0 Å². The molecule has 6 rings (SSSR count). The van der Waals surface area contributed by atoms with Crippen molar-refractivity contribution < 1.29 is 4.79 Å². The van der Waals surface area contributed by atoms with Crippen LogP contribution >= 0.6 is 11.3 Å². The summed E-state index contributed by atoms with van der Waals surface area (Å²) < 4.78 is 2.34. The summed E-state index contributed by atoms with van der Waals surface area (Å²) in [6, 6.07) is 22.9. The number of urea groups is 1. The van der Waals surface area contributed by atoms with Gasteiger partial charge in [0.05, 0.1) is 18.3 Å². The molecule has 4 aromatic rings. The Hall–Kier alpha value is -3.35. The van der Waals surface area contributed by atoms with E-state index >= 15 is 0 Å². The highest BCUT2D eigenvalue weighted by Crippen LogP contribution is 2.43. The molecule has 0 spiro atoms. The quantitative estimate of drug-likeness (QED) is 0.374. The van der Waals surface area contributed by atoms with E-state index in [1.54, 1.807) is 0 Å². The first-order chi connectivity index (χ1) is 17.6. The maximum absolute atomic E-state index is 13.9. The lowest BCUT2D eigenvalue weighted by Gasteiger charge is -2.32. The Morgan fingerprint density at radius 2 is 1.81 bits per heavy atom. The van der Waals surface area contributed by atoms with Gasteiger partial charge in [0.15, 0.2) is 0 Å². The Morgan fingerprint density at radius 3 is 2.58 bits per heavy atom. The van der Waals surface area contributed by atoms with E-state index in [4.69, 9.17) is 0 Å². The normalized spacial score (nSPS) is 17.2. The van der Waals surface area contributed by atoms with E-state index < -0.39 is 0 Å². The van der Waals surface area contributed by atoms with Gasteiger partial charge in [-0.1, -0.05) is 67.1 Å². The van der Waals surface area contributed by atoms with Crippen molar-refractivity contribution >= 4 is 17.4 Å². The van der Waals surface area contributed by atoms with Crippen LogP contribution in [0.25, 0.3) is 5.00 Å². The minimum absolute atomic E-state index is 0.0315. The van der Waals surface area contributed by atoms with Crippen LogP contribution in [-0.2, 0) is 26.1 Å². The number of nitrogens with one attached hydrogen (secondary N) is 1. The average molecular weight is 497 g/mol. The number of likely N-dealkylation sites (N-methyl/N-ethyl adjacent to an activating group) is 1. The topological polar surface area (TPSA) is 40.5 Å². The van der Waals surface area contributed by atoms with Crippen LogP contribution in [0.4, 0.5) is 4.79 Å². The maximum atomic E-state index is 13.9. The molecule has 1 N–H and O–H groups in total. The number of carbonyl (C=O) groups is 1. The van der Waals surface area contributed by atoms with Crippen LogP contribution in [0, 0.1) is 6.92 Å². The van der Waals surface area contributed by atoms with Crippen LogP contribution in [0.1, 0.15) is 51.4 Å². The molecule has 2 aliphatic rings. The van der Waals surface area contributed by atoms with Crippen molar-refractivity contribution in [3.63, 3.8) is 0 Å². The second kappa shape index (κ2) is 9.60. The molecule has 0 bridgehead atoms. The zero-order valence-electron chi connectivity index (χ0n) is 20.9. The maximum Gasteiger partial charge on any atom is 0.318 e. The number of benzene rings is 2. The number of carbonyl (C=O) groups excluding carboxylic acids is 1. The highest BCUT2D eigenvalue weighted by Gasteiger charge is 2.36. The molecular weight excluding hydrogens is 464 g/mol. The van der Waals surface area contributed by atoms with E-state index in [0.717, 1.165) is 42.9 Å².